The van der Waals surface area contributed by atoms with Crippen LogP contribution in [-0.4, -0.2) is 15.0 Å². The maximum atomic E-state index is 6.66. The molecule has 0 unspecified atom stereocenters. The van der Waals surface area contributed by atoms with Crippen LogP contribution < -0.4 is 0 Å². The van der Waals surface area contributed by atoms with Gasteiger partial charge in [-0.25, -0.2) is 15.0 Å². The van der Waals surface area contributed by atoms with E-state index in [1.165, 1.54) is 21.6 Å². The van der Waals surface area contributed by atoms with Crippen LogP contribution in [0.3, 0.4) is 0 Å². The first-order chi connectivity index (χ1) is 33.7. The number of hydrogen-bond donors (Lipinski definition) is 0. The molecular weight excluding hydrogens is 847 g/mol. The maximum Gasteiger partial charge on any atom is 0.164 e. The van der Waals surface area contributed by atoms with Gasteiger partial charge in [0.2, 0.25) is 0 Å². The lowest BCUT2D eigenvalue weighted by Gasteiger charge is -2.18. The van der Waals surface area contributed by atoms with E-state index < -0.39 is 0 Å². The minimum atomic E-state index is 0.584. The molecular formula is C63H39N3OS. The van der Waals surface area contributed by atoms with Gasteiger partial charge in [0.1, 0.15) is 11.2 Å². The molecule has 0 N–H and O–H groups in total. The lowest BCUT2D eigenvalue weighted by molar-refractivity contribution is 0.669. The first-order valence-corrected chi connectivity index (χ1v) is 23.6. The van der Waals surface area contributed by atoms with E-state index in [4.69, 9.17) is 19.4 Å². The average molecular weight is 886 g/mol. The molecule has 4 nitrogen and oxygen atoms in total. The summed E-state index contributed by atoms with van der Waals surface area (Å²) in [5, 5.41) is 2.18. The van der Waals surface area contributed by atoms with Crippen molar-refractivity contribution in [3.63, 3.8) is 0 Å². The Morgan fingerprint density at radius 1 is 0.250 bits per heavy atom. The van der Waals surface area contributed by atoms with Gasteiger partial charge in [0, 0.05) is 37.3 Å². The summed E-state index contributed by atoms with van der Waals surface area (Å²) in [5.74, 6) is 1.78. The highest BCUT2D eigenvalue weighted by atomic mass is 32.2. The van der Waals surface area contributed by atoms with Crippen molar-refractivity contribution in [2.75, 3.05) is 0 Å². The fraction of sp³-hybridized carbons (Fsp3) is 0. The minimum absolute atomic E-state index is 0.584. The number of rotatable bonds is 5. The lowest BCUT2D eigenvalue weighted by atomic mass is 9.86. The minimum Gasteiger partial charge on any atom is -0.456 e. The van der Waals surface area contributed by atoms with Gasteiger partial charge in [0.05, 0.1) is 0 Å². The highest BCUT2D eigenvalue weighted by Gasteiger charge is 2.24. The summed E-state index contributed by atoms with van der Waals surface area (Å²) in [7, 11) is 0. The van der Waals surface area contributed by atoms with Gasteiger partial charge >= 0.3 is 0 Å². The average Bonchev–Trinajstić information content (AvgIpc) is 3.78. The van der Waals surface area contributed by atoms with Crippen LogP contribution in [0.15, 0.2) is 251 Å². The van der Waals surface area contributed by atoms with Crippen molar-refractivity contribution in [3.05, 3.63) is 237 Å². The Balaban J connectivity index is 1.08. The zero-order chi connectivity index (χ0) is 45.0. The second kappa shape index (κ2) is 16.7. The summed E-state index contributed by atoms with van der Waals surface area (Å²) in [6.45, 7) is 0. The predicted molar refractivity (Wildman–Crippen MR) is 280 cm³/mol. The molecule has 0 aliphatic carbocycles. The molecule has 0 atom stereocenters. The fourth-order valence-corrected chi connectivity index (χ4v) is 10.8. The third kappa shape index (κ3) is 7.09. The number of furan rings is 1. The Morgan fingerprint density at radius 3 is 1.35 bits per heavy atom. The van der Waals surface area contributed by atoms with Gasteiger partial charge in [-0.3, -0.25) is 0 Å². The first kappa shape index (κ1) is 39.7. The normalized spacial score (nSPS) is 11.8. The molecule has 318 valence electrons. The molecule has 0 bridgehead atoms. The smallest absolute Gasteiger partial charge is 0.164 e. The Morgan fingerprint density at radius 2 is 0.721 bits per heavy atom. The largest absolute Gasteiger partial charge is 0.456 e. The maximum absolute atomic E-state index is 6.66. The zero-order valence-corrected chi connectivity index (χ0v) is 37.5. The zero-order valence-electron chi connectivity index (χ0n) is 36.7. The van der Waals surface area contributed by atoms with Gasteiger partial charge in [0.25, 0.3) is 0 Å². The SMILES string of the molecule is c1ccc(-c2cc(-c3ccccc3)cc(-c3nc(-c4ccccc4)nc(-c4ccc5c(c4)-c4cc6oc7ccccc7c6cc4Sc4ccccc4-c4ccccc4-c4ccccc4-5)n3)c2)cc1. The van der Waals surface area contributed by atoms with Crippen LogP contribution in [-0.2, 0) is 0 Å². The number of aromatic nitrogens is 3. The third-order valence-electron chi connectivity index (χ3n) is 13.0. The second-order valence-corrected chi connectivity index (χ2v) is 18.2. The molecule has 10 aromatic carbocycles. The van der Waals surface area contributed by atoms with Crippen molar-refractivity contribution in [1.29, 1.82) is 0 Å². The molecule has 0 fully saturated rings. The Bertz CT molecular complexity index is 3830. The van der Waals surface area contributed by atoms with Gasteiger partial charge in [-0.1, -0.05) is 200 Å². The van der Waals surface area contributed by atoms with Crippen LogP contribution in [0, 0.1) is 0 Å². The Kier molecular flexibility index (Phi) is 9.73. The Hall–Kier alpha value is -8.64. The summed E-state index contributed by atoms with van der Waals surface area (Å²) < 4.78 is 6.66. The first-order valence-electron chi connectivity index (χ1n) is 22.8. The van der Waals surface area contributed by atoms with E-state index in [1.54, 1.807) is 11.8 Å². The van der Waals surface area contributed by atoms with E-state index in [1.807, 2.05) is 24.3 Å². The summed E-state index contributed by atoms with van der Waals surface area (Å²) in [5.41, 5.74) is 17.9. The topological polar surface area (TPSA) is 51.8 Å². The number of para-hydroxylation sites is 1. The van der Waals surface area contributed by atoms with E-state index in [-0.39, 0.29) is 0 Å². The van der Waals surface area contributed by atoms with E-state index in [0.717, 1.165) is 93.6 Å². The molecule has 0 saturated heterocycles. The van der Waals surface area contributed by atoms with E-state index in [0.29, 0.717) is 17.5 Å². The number of hydrogen-bond acceptors (Lipinski definition) is 5. The van der Waals surface area contributed by atoms with Crippen molar-refractivity contribution in [2.45, 2.75) is 9.79 Å². The number of fused-ring (bicyclic) bond motifs is 12. The molecule has 2 aromatic heterocycles. The Labute approximate surface area is 398 Å². The second-order valence-electron chi connectivity index (χ2n) is 17.1. The standard InChI is InChI=1S/C63H39N3OS/c1-4-18-40(19-5-1)44-34-45(41-20-6-2-7-21-41)36-46(35-44)63-65-61(42-22-8-3-9-23-42)64-62(66-63)43-32-33-51-49-26-11-10-24-47(49)48-25-12-13-27-50(48)53-29-15-17-31-59(53)68-60-39-55-52-28-14-16-30-57(52)67-58(55)38-56(60)54(51)37-43/h1-39H. The highest BCUT2D eigenvalue weighted by molar-refractivity contribution is 7.99. The van der Waals surface area contributed by atoms with Crippen LogP contribution >= 0.6 is 11.8 Å². The van der Waals surface area contributed by atoms with Crippen molar-refractivity contribution >= 4 is 33.7 Å². The van der Waals surface area contributed by atoms with Crippen LogP contribution in [0.4, 0.5) is 0 Å². The molecule has 0 amide bonds. The van der Waals surface area contributed by atoms with Gasteiger partial charge in [-0.15, -0.1) is 0 Å². The van der Waals surface area contributed by atoms with Crippen LogP contribution in [0.25, 0.3) is 123 Å². The van der Waals surface area contributed by atoms with Gasteiger partial charge in [0.15, 0.2) is 17.5 Å². The predicted octanol–water partition coefficient (Wildman–Crippen LogP) is 17.2. The van der Waals surface area contributed by atoms with E-state index >= 15 is 0 Å². The molecule has 0 saturated carbocycles. The third-order valence-corrected chi connectivity index (χ3v) is 14.1. The molecule has 13 rings (SSSR count). The molecule has 1 aliphatic rings. The van der Waals surface area contributed by atoms with Crippen LogP contribution in [0.1, 0.15) is 0 Å². The number of benzene rings is 10. The van der Waals surface area contributed by atoms with Crippen molar-refractivity contribution in [2.24, 2.45) is 0 Å². The quantitative estimate of drug-likeness (QED) is 0.172. The number of nitrogens with zero attached hydrogens (tertiary/aromatic N) is 3. The van der Waals surface area contributed by atoms with Crippen molar-refractivity contribution in [3.8, 4) is 101 Å². The molecule has 0 spiro atoms. The molecule has 68 heavy (non-hydrogen) atoms. The van der Waals surface area contributed by atoms with Crippen molar-refractivity contribution < 1.29 is 4.42 Å². The molecule has 0 radical (unpaired) electrons. The summed E-state index contributed by atoms with van der Waals surface area (Å²) >= 11 is 1.80. The highest BCUT2D eigenvalue weighted by Crippen LogP contribution is 2.50. The molecule has 3 heterocycles. The van der Waals surface area contributed by atoms with Crippen LogP contribution in [0.2, 0.25) is 0 Å². The fourth-order valence-electron chi connectivity index (χ4n) is 9.69. The molecule has 1 aliphatic heterocycles. The van der Waals surface area contributed by atoms with Gasteiger partial charge in [-0.05, 0) is 115 Å². The summed E-state index contributed by atoms with van der Waals surface area (Å²) in [6, 6.07) is 83.8. The van der Waals surface area contributed by atoms with Crippen LogP contribution in [0.5, 0.6) is 0 Å². The molecule has 5 heteroatoms. The lowest BCUT2D eigenvalue weighted by Crippen LogP contribution is -2.01. The van der Waals surface area contributed by atoms with Gasteiger partial charge in [-0.2, -0.15) is 0 Å². The molecule has 12 aromatic rings. The van der Waals surface area contributed by atoms with E-state index in [2.05, 4.69) is 212 Å². The monoisotopic (exact) mass is 885 g/mol. The summed E-state index contributed by atoms with van der Waals surface area (Å²) in [6.07, 6.45) is 0. The van der Waals surface area contributed by atoms with Crippen molar-refractivity contribution in [1.82, 2.24) is 15.0 Å². The summed E-state index contributed by atoms with van der Waals surface area (Å²) in [4.78, 5) is 18.2. The van der Waals surface area contributed by atoms with E-state index in [9.17, 15) is 0 Å². The van der Waals surface area contributed by atoms with Gasteiger partial charge < -0.3 is 4.42 Å².